The summed E-state index contributed by atoms with van der Waals surface area (Å²) >= 11 is 1.50. The minimum atomic E-state index is -0.394. The standard InChI is InChI=1S/C22H29N3O2S/c1-13(2)11-18(26)23-21-24-19(14(3)28-21)16-7-8-17-15(12-16)9-10-25(17)20(27)22(4,5)6/h7-8,12-13H,9-11H2,1-6H3,(H,23,24,26). The van der Waals surface area contributed by atoms with Gasteiger partial charge in [0.1, 0.15) is 0 Å². The fraction of sp³-hybridized carbons (Fsp3) is 0.500. The molecule has 1 N–H and O–H groups in total. The quantitative estimate of drug-likeness (QED) is 0.783. The summed E-state index contributed by atoms with van der Waals surface area (Å²) in [6.07, 6.45) is 1.34. The summed E-state index contributed by atoms with van der Waals surface area (Å²) in [6, 6.07) is 6.18. The van der Waals surface area contributed by atoms with Crippen molar-refractivity contribution in [1.82, 2.24) is 4.98 Å². The van der Waals surface area contributed by atoms with E-state index in [0.717, 1.165) is 34.8 Å². The molecule has 3 rings (SSSR count). The zero-order valence-corrected chi connectivity index (χ0v) is 18.4. The summed E-state index contributed by atoms with van der Waals surface area (Å²) in [6.45, 7) is 12.7. The molecule has 2 amide bonds. The van der Waals surface area contributed by atoms with Gasteiger partial charge in [-0.2, -0.15) is 0 Å². The molecule has 2 heterocycles. The Hall–Kier alpha value is -2.21. The molecule has 5 nitrogen and oxygen atoms in total. The molecule has 0 saturated carbocycles. The summed E-state index contributed by atoms with van der Waals surface area (Å²) in [4.78, 5) is 32.3. The molecule has 1 aromatic carbocycles. The molecule has 0 aliphatic carbocycles. The van der Waals surface area contributed by atoms with Crippen LogP contribution in [0.2, 0.25) is 0 Å². The van der Waals surface area contributed by atoms with Crippen LogP contribution < -0.4 is 10.2 Å². The van der Waals surface area contributed by atoms with E-state index in [0.29, 0.717) is 17.5 Å². The van der Waals surface area contributed by atoms with Gasteiger partial charge in [-0.3, -0.25) is 9.59 Å². The van der Waals surface area contributed by atoms with E-state index < -0.39 is 5.41 Å². The molecular weight excluding hydrogens is 370 g/mol. The number of carbonyl (C=O) groups excluding carboxylic acids is 2. The number of nitrogens with zero attached hydrogens (tertiary/aromatic N) is 2. The van der Waals surface area contributed by atoms with Crippen LogP contribution in [0.4, 0.5) is 10.8 Å². The third-order valence-electron chi connectivity index (χ3n) is 4.77. The molecule has 28 heavy (non-hydrogen) atoms. The average molecular weight is 400 g/mol. The van der Waals surface area contributed by atoms with E-state index in [1.165, 1.54) is 16.9 Å². The smallest absolute Gasteiger partial charge is 0.232 e. The summed E-state index contributed by atoms with van der Waals surface area (Å²) in [5.41, 5.74) is 3.71. The maximum Gasteiger partial charge on any atom is 0.232 e. The van der Waals surface area contributed by atoms with E-state index in [1.54, 1.807) is 0 Å². The molecule has 0 unspecified atom stereocenters. The van der Waals surface area contributed by atoms with Gasteiger partial charge in [0.2, 0.25) is 11.8 Å². The highest BCUT2D eigenvalue weighted by molar-refractivity contribution is 7.16. The number of amides is 2. The summed E-state index contributed by atoms with van der Waals surface area (Å²) < 4.78 is 0. The molecule has 1 aliphatic rings. The largest absolute Gasteiger partial charge is 0.311 e. The molecule has 0 atom stereocenters. The lowest BCUT2D eigenvalue weighted by Crippen LogP contribution is -2.38. The number of fused-ring (bicyclic) bond motifs is 1. The zero-order valence-electron chi connectivity index (χ0n) is 17.5. The molecular formula is C22H29N3O2S. The van der Waals surface area contributed by atoms with Crippen LogP contribution >= 0.6 is 11.3 Å². The first-order valence-corrected chi connectivity index (χ1v) is 10.6. The number of carbonyl (C=O) groups is 2. The second-order valence-corrected chi connectivity index (χ2v) is 10.1. The molecule has 0 bridgehead atoms. The third-order valence-corrected chi connectivity index (χ3v) is 5.66. The Morgan fingerprint density at radius 3 is 2.64 bits per heavy atom. The average Bonchev–Trinajstić information content (AvgIpc) is 3.15. The van der Waals surface area contributed by atoms with Crippen LogP contribution in [-0.4, -0.2) is 23.3 Å². The molecule has 1 aliphatic heterocycles. The van der Waals surface area contributed by atoms with Crippen LogP contribution in [0.1, 0.15) is 51.5 Å². The fourth-order valence-electron chi connectivity index (χ4n) is 3.42. The van der Waals surface area contributed by atoms with E-state index in [4.69, 9.17) is 0 Å². The summed E-state index contributed by atoms with van der Waals surface area (Å²) in [5, 5.41) is 3.55. The van der Waals surface area contributed by atoms with Crippen molar-refractivity contribution < 1.29 is 9.59 Å². The van der Waals surface area contributed by atoms with Gasteiger partial charge in [0, 0.05) is 34.5 Å². The normalized spacial score (nSPS) is 13.8. The first kappa shape index (κ1) is 20.5. The van der Waals surface area contributed by atoms with Crippen LogP contribution in [0, 0.1) is 18.3 Å². The first-order chi connectivity index (χ1) is 13.1. The number of anilines is 2. The predicted molar refractivity (Wildman–Crippen MR) is 116 cm³/mol. The highest BCUT2D eigenvalue weighted by Crippen LogP contribution is 2.37. The minimum absolute atomic E-state index is 0.000544. The number of nitrogens with one attached hydrogen (secondary N) is 1. The Labute approximate surface area is 171 Å². The number of rotatable bonds is 4. The zero-order chi connectivity index (χ0) is 20.6. The Kier molecular flexibility index (Phi) is 5.62. The number of hydrogen-bond donors (Lipinski definition) is 1. The van der Waals surface area contributed by atoms with Crippen molar-refractivity contribution in [2.45, 2.75) is 54.4 Å². The topological polar surface area (TPSA) is 62.3 Å². The number of hydrogen-bond acceptors (Lipinski definition) is 4. The van der Waals surface area contributed by atoms with E-state index in [2.05, 4.69) is 16.4 Å². The van der Waals surface area contributed by atoms with Crippen molar-refractivity contribution in [3.63, 3.8) is 0 Å². The first-order valence-electron chi connectivity index (χ1n) is 9.79. The van der Waals surface area contributed by atoms with Crippen molar-refractivity contribution in [3.05, 3.63) is 28.6 Å². The Bertz CT molecular complexity index is 909. The van der Waals surface area contributed by atoms with Crippen LogP contribution in [0.3, 0.4) is 0 Å². The van der Waals surface area contributed by atoms with E-state index in [1.807, 2.05) is 58.6 Å². The van der Waals surface area contributed by atoms with Crippen LogP contribution in [0.25, 0.3) is 11.3 Å². The molecule has 2 aromatic rings. The highest BCUT2D eigenvalue weighted by atomic mass is 32.1. The van der Waals surface area contributed by atoms with Gasteiger partial charge in [0.05, 0.1) is 5.69 Å². The van der Waals surface area contributed by atoms with Gasteiger partial charge in [-0.15, -0.1) is 11.3 Å². The third kappa shape index (κ3) is 4.27. The van der Waals surface area contributed by atoms with E-state index in [-0.39, 0.29) is 11.8 Å². The Balaban J connectivity index is 1.83. The van der Waals surface area contributed by atoms with Gasteiger partial charge in [0.25, 0.3) is 0 Å². The fourth-order valence-corrected chi connectivity index (χ4v) is 4.28. The lowest BCUT2D eigenvalue weighted by molar-refractivity contribution is -0.125. The van der Waals surface area contributed by atoms with Crippen molar-refractivity contribution in [3.8, 4) is 11.3 Å². The molecule has 0 spiro atoms. The maximum atomic E-state index is 12.7. The second-order valence-electron chi connectivity index (χ2n) is 8.87. The molecule has 1 aromatic heterocycles. The second kappa shape index (κ2) is 7.66. The SMILES string of the molecule is Cc1sc(NC(=O)CC(C)C)nc1-c1ccc2c(c1)CCN2C(=O)C(C)(C)C. The number of aromatic nitrogens is 1. The Morgan fingerprint density at radius 1 is 1.29 bits per heavy atom. The van der Waals surface area contributed by atoms with Crippen LogP contribution in [0.5, 0.6) is 0 Å². The van der Waals surface area contributed by atoms with Gasteiger partial charge >= 0.3 is 0 Å². The van der Waals surface area contributed by atoms with Crippen molar-refractivity contribution >= 4 is 34.0 Å². The van der Waals surface area contributed by atoms with E-state index in [9.17, 15) is 9.59 Å². The minimum Gasteiger partial charge on any atom is -0.311 e. The molecule has 6 heteroatoms. The van der Waals surface area contributed by atoms with E-state index >= 15 is 0 Å². The summed E-state index contributed by atoms with van der Waals surface area (Å²) in [5.74, 6) is 0.468. The predicted octanol–water partition coefficient (Wildman–Crippen LogP) is 5.04. The summed E-state index contributed by atoms with van der Waals surface area (Å²) in [7, 11) is 0. The van der Waals surface area contributed by atoms with Gasteiger partial charge in [-0.05, 0) is 37.0 Å². The van der Waals surface area contributed by atoms with Gasteiger partial charge in [-0.25, -0.2) is 4.98 Å². The highest BCUT2D eigenvalue weighted by Gasteiger charge is 2.32. The van der Waals surface area contributed by atoms with Gasteiger partial charge in [0.15, 0.2) is 5.13 Å². The number of aryl methyl sites for hydroxylation is 1. The molecule has 150 valence electrons. The molecule has 0 saturated heterocycles. The van der Waals surface area contributed by atoms with Crippen molar-refractivity contribution in [2.24, 2.45) is 11.3 Å². The maximum absolute atomic E-state index is 12.7. The Morgan fingerprint density at radius 2 is 2.00 bits per heavy atom. The van der Waals surface area contributed by atoms with Crippen LogP contribution in [-0.2, 0) is 16.0 Å². The molecule has 0 fully saturated rings. The monoisotopic (exact) mass is 399 g/mol. The lowest BCUT2D eigenvalue weighted by Gasteiger charge is -2.26. The number of benzene rings is 1. The lowest BCUT2D eigenvalue weighted by atomic mass is 9.94. The molecule has 0 radical (unpaired) electrons. The van der Waals surface area contributed by atoms with Gasteiger partial charge < -0.3 is 10.2 Å². The van der Waals surface area contributed by atoms with Crippen LogP contribution in [0.15, 0.2) is 18.2 Å². The van der Waals surface area contributed by atoms with Crippen molar-refractivity contribution in [2.75, 3.05) is 16.8 Å². The number of thiazole rings is 1. The van der Waals surface area contributed by atoms with Gasteiger partial charge in [-0.1, -0.05) is 40.7 Å². The van der Waals surface area contributed by atoms with Crippen molar-refractivity contribution in [1.29, 1.82) is 0 Å².